The first-order valence-corrected chi connectivity index (χ1v) is 8.96. The predicted molar refractivity (Wildman–Crippen MR) is 84.5 cm³/mol. The molecule has 2 saturated heterocycles. The number of hydrogen-bond donors (Lipinski definition) is 2. The van der Waals surface area contributed by atoms with Crippen LogP contribution in [0.2, 0.25) is 0 Å². The Morgan fingerprint density at radius 1 is 1.38 bits per heavy atom. The molecule has 1 atom stereocenters. The summed E-state index contributed by atoms with van der Waals surface area (Å²) in [6.07, 6.45) is 4.34. The van der Waals surface area contributed by atoms with Crippen LogP contribution in [0.4, 0.5) is 0 Å². The van der Waals surface area contributed by atoms with Gasteiger partial charge in [0.15, 0.2) is 0 Å². The van der Waals surface area contributed by atoms with Crippen LogP contribution >= 0.6 is 11.8 Å². The van der Waals surface area contributed by atoms with Crippen LogP contribution in [0.15, 0.2) is 0 Å². The van der Waals surface area contributed by atoms with Crippen LogP contribution in [-0.4, -0.2) is 59.1 Å². The first kappa shape index (κ1) is 16.6. The van der Waals surface area contributed by atoms with Crippen molar-refractivity contribution in [2.45, 2.75) is 44.3 Å². The molecular weight excluding hydrogens is 288 g/mol. The highest BCUT2D eigenvalue weighted by Gasteiger charge is 2.45. The fourth-order valence-electron chi connectivity index (χ4n) is 3.29. The molecule has 0 saturated carbocycles. The fourth-order valence-corrected chi connectivity index (χ4v) is 4.42. The molecule has 0 radical (unpaired) electrons. The van der Waals surface area contributed by atoms with E-state index in [0.717, 1.165) is 32.4 Å². The summed E-state index contributed by atoms with van der Waals surface area (Å²) in [6.45, 7) is 5.06. The van der Waals surface area contributed by atoms with E-state index in [9.17, 15) is 14.7 Å². The van der Waals surface area contributed by atoms with Gasteiger partial charge in [-0.3, -0.25) is 9.59 Å². The lowest BCUT2D eigenvalue weighted by molar-refractivity contribution is -0.148. The summed E-state index contributed by atoms with van der Waals surface area (Å²) >= 11 is 1.74. The van der Waals surface area contributed by atoms with Gasteiger partial charge < -0.3 is 15.3 Å². The quantitative estimate of drug-likeness (QED) is 0.779. The van der Waals surface area contributed by atoms with Crippen LogP contribution in [0, 0.1) is 5.41 Å². The molecule has 1 unspecified atom stereocenters. The monoisotopic (exact) mass is 314 g/mol. The first-order valence-electron chi connectivity index (χ1n) is 7.91. The molecular formula is C15H26N2O3S. The Morgan fingerprint density at radius 2 is 2.10 bits per heavy atom. The Kier molecular flexibility index (Phi) is 5.93. The Bertz CT molecular complexity index is 385. The molecule has 21 heavy (non-hydrogen) atoms. The second-order valence-electron chi connectivity index (χ2n) is 6.16. The van der Waals surface area contributed by atoms with Gasteiger partial charge in [-0.25, -0.2) is 0 Å². The van der Waals surface area contributed by atoms with Gasteiger partial charge in [0.25, 0.3) is 0 Å². The zero-order valence-electron chi connectivity index (χ0n) is 12.8. The van der Waals surface area contributed by atoms with Crippen molar-refractivity contribution in [3.8, 4) is 0 Å². The Labute approximate surface area is 130 Å². The maximum absolute atomic E-state index is 12.3. The summed E-state index contributed by atoms with van der Waals surface area (Å²) in [5.41, 5.74) is -0.705. The van der Waals surface area contributed by atoms with Crippen molar-refractivity contribution in [2.24, 2.45) is 5.41 Å². The van der Waals surface area contributed by atoms with Crippen LogP contribution in [0.3, 0.4) is 0 Å². The van der Waals surface area contributed by atoms with Crippen LogP contribution in [0.25, 0.3) is 0 Å². The van der Waals surface area contributed by atoms with Crippen molar-refractivity contribution < 1.29 is 14.7 Å². The van der Waals surface area contributed by atoms with E-state index in [2.05, 4.69) is 5.32 Å². The Morgan fingerprint density at radius 3 is 2.71 bits per heavy atom. The normalized spacial score (nSPS) is 27.0. The third-order valence-corrected chi connectivity index (χ3v) is 5.97. The summed E-state index contributed by atoms with van der Waals surface area (Å²) in [4.78, 5) is 25.6. The highest BCUT2D eigenvalue weighted by Crippen LogP contribution is 2.36. The first-order chi connectivity index (χ1) is 10.1. The number of thioether (sulfide) groups is 1. The minimum Gasteiger partial charge on any atom is -0.481 e. The molecule has 2 rings (SSSR count). The standard InChI is InChI=1S/C15H26N2O3S/c1-2-5-15(14(19)20)6-9-17(11-15)13(18)10-21-12-3-7-16-8-4-12/h12,16H,2-11H2,1H3,(H,19,20). The molecule has 1 amide bonds. The van der Waals surface area contributed by atoms with Crippen LogP contribution in [0.5, 0.6) is 0 Å². The van der Waals surface area contributed by atoms with E-state index in [1.165, 1.54) is 0 Å². The van der Waals surface area contributed by atoms with Crippen molar-refractivity contribution in [1.29, 1.82) is 0 Å². The lowest BCUT2D eigenvalue weighted by Crippen LogP contribution is -2.38. The lowest BCUT2D eigenvalue weighted by atomic mass is 9.83. The van der Waals surface area contributed by atoms with Crippen LogP contribution in [0.1, 0.15) is 39.0 Å². The largest absolute Gasteiger partial charge is 0.481 e. The third-order valence-electron chi connectivity index (χ3n) is 4.62. The molecule has 0 aliphatic carbocycles. The summed E-state index contributed by atoms with van der Waals surface area (Å²) in [6, 6.07) is 0. The van der Waals surface area contributed by atoms with Gasteiger partial charge in [-0.1, -0.05) is 13.3 Å². The summed E-state index contributed by atoms with van der Waals surface area (Å²) in [5.74, 6) is -0.143. The number of amides is 1. The van der Waals surface area contributed by atoms with Crippen LogP contribution in [-0.2, 0) is 9.59 Å². The van der Waals surface area contributed by atoms with Crippen molar-refractivity contribution in [1.82, 2.24) is 10.2 Å². The van der Waals surface area contributed by atoms with E-state index in [4.69, 9.17) is 0 Å². The minimum absolute atomic E-state index is 0.109. The molecule has 5 nitrogen and oxygen atoms in total. The zero-order chi connectivity index (χ0) is 15.3. The Balaban J connectivity index is 1.82. The van der Waals surface area contributed by atoms with Gasteiger partial charge >= 0.3 is 5.97 Å². The smallest absolute Gasteiger partial charge is 0.311 e. The number of nitrogens with zero attached hydrogens (tertiary/aromatic N) is 1. The van der Waals surface area contributed by atoms with Gasteiger partial charge in [-0.2, -0.15) is 0 Å². The SMILES string of the molecule is CCCC1(C(=O)O)CCN(C(=O)CSC2CCNCC2)C1. The number of carboxylic acid groups (broad SMARTS) is 1. The number of hydrogen-bond acceptors (Lipinski definition) is 4. The second-order valence-corrected chi connectivity index (χ2v) is 7.45. The van der Waals surface area contributed by atoms with Crippen molar-refractivity contribution in [2.75, 3.05) is 31.9 Å². The van der Waals surface area contributed by atoms with E-state index in [0.29, 0.717) is 36.9 Å². The van der Waals surface area contributed by atoms with Crippen molar-refractivity contribution >= 4 is 23.6 Å². The molecule has 0 aromatic carbocycles. The third kappa shape index (κ3) is 4.13. The van der Waals surface area contributed by atoms with Gasteiger partial charge in [0.05, 0.1) is 11.2 Å². The fraction of sp³-hybridized carbons (Fsp3) is 0.867. The number of rotatable bonds is 6. The van der Waals surface area contributed by atoms with Gasteiger partial charge in [0, 0.05) is 18.3 Å². The number of carbonyl (C=O) groups excluding carboxylic acids is 1. The van der Waals surface area contributed by atoms with Gasteiger partial charge in [-0.15, -0.1) is 11.8 Å². The van der Waals surface area contributed by atoms with Crippen molar-refractivity contribution in [3.63, 3.8) is 0 Å². The van der Waals surface area contributed by atoms with Gasteiger partial charge in [0.1, 0.15) is 0 Å². The van der Waals surface area contributed by atoms with Crippen LogP contribution < -0.4 is 5.32 Å². The molecule has 6 heteroatoms. The maximum atomic E-state index is 12.3. The number of carboxylic acids is 1. The molecule has 2 fully saturated rings. The molecule has 2 aliphatic rings. The molecule has 2 aliphatic heterocycles. The number of likely N-dealkylation sites (tertiary alicyclic amines) is 1. The summed E-state index contributed by atoms with van der Waals surface area (Å²) in [5, 5.41) is 13.4. The predicted octanol–water partition coefficient (Wildman–Crippen LogP) is 1.57. The number of piperidine rings is 1. The second kappa shape index (κ2) is 7.49. The molecule has 0 spiro atoms. The molecule has 120 valence electrons. The topological polar surface area (TPSA) is 69.6 Å². The molecule has 0 aromatic heterocycles. The minimum atomic E-state index is -0.745. The Hall–Kier alpha value is -0.750. The summed E-state index contributed by atoms with van der Waals surface area (Å²) in [7, 11) is 0. The van der Waals surface area contributed by atoms with E-state index in [-0.39, 0.29) is 5.91 Å². The average molecular weight is 314 g/mol. The lowest BCUT2D eigenvalue weighted by Gasteiger charge is -2.25. The molecule has 0 aromatic rings. The van der Waals surface area contributed by atoms with E-state index < -0.39 is 11.4 Å². The molecule has 2 N–H and O–H groups in total. The maximum Gasteiger partial charge on any atom is 0.311 e. The number of aliphatic carboxylic acids is 1. The van der Waals surface area contributed by atoms with E-state index >= 15 is 0 Å². The number of carbonyl (C=O) groups is 2. The average Bonchev–Trinajstić information content (AvgIpc) is 2.92. The van der Waals surface area contributed by atoms with Gasteiger partial charge in [-0.05, 0) is 38.8 Å². The highest BCUT2D eigenvalue weighted by atomic mass is 32.2. The summed E-state index contributed by atoms with van der Waals surface area (Å²) < 4.78 is 0. The number of nitrogens with one attached hydrogen (secondary N) is 1. The van der Waals surface area contributed by atoms with Gasteiger partial charge in [0.2, 0.25) is 5.91 Å². The molecule has 2 heterocycles. The molecule has 0 bridgehead atoms. The van der Waals surface area contributed by atoms with Crippen molar-refractivity contribution in [3.05, 3.63) is 0 Å². The van der Waals surface area contributed by atoms with E-state index in [1.807, 2.05) is 6.92 Å². The van der Waals surface area contributed by atoms with E-state index in [1.54, 1.807) is 16.7 Å². The zero-order valence-corrected chi connectivity index (χ0v) is 13.6. The highest BCUT2D eigenvalue weighted by molar-refractivity contribution is 8.00.